The number of carboxylic acid groups (broad SMARTS) is 1. The van der Waals surface area contributed by atoms with Crippen molar-refractivity contribution in [2.75, 3.05) is 30.7 Å². The molecule has 2 saturated heterocycles. The second-order valence-corrected chi connectivity index (χ2v) is 12.7. The highest BCUT2D eigenvalue weighted by Crippen LogP contribution is 2.40. The Morgan fingerprint density at radius 1 is 1.31 bits per heavy atom. The second-order valence-electron chi connectivity index (χ2n) is 10.8. The summed E-state index contributed by atoms with van der Waals surface area (Å²) < 4.78 is 41.2. The number of anilines is 2. The van der Waals surface area contributed by atoms with Gasteiger partial charge in [-0.25, -0.2) is 14.8 Å². The molecule has 1 amide bonds. The SMILES string of the molecule is CC1(C)C(CC(=O)/C(=N\OC(COc2ccc3c(NC4CNC4)nccc3c2)C(=O)O)c2csc(N)n2)C(=O)N1OS(=O)(=O)O. The Morgan fingerprint density at radius 2 is 2.07 bits per heavy atom. The van der Waals surface area contributed by atoms with Crippen LogP contribution in [0.5, 0.6) is 5.75 Å². The maximum absolute atomic E-state index is 13.3. The third kappa shape index (κ3) is 7.12. The lowest BCUT2D eigenvalue weighted by Gasteiger charge is -2.50. The number of hydrogen-bond acceptors (Lipinski definition) is 15. The first-order valence-electron chi connectivity index (χ1n) is 13.4. The summed E-state index contributed by atoms with van der Waals surface area (Å²) in [5.74, 6) is -3.08. The number of benzene rings is 1. The van der Waals surface area contributed by atoms with Gasteiger partial charge in [-0.15, -0.1) is 15.6 Å². The van der Waals surface area contributed by atoms with Crippen LogP contribution in [0, 0.1) is 5.92 Å². The van der Waals surface area contributed by atoms with E-state index in [0.717, 1.165) is 41.0 Å². The van der Waals surface area contributed by atoms with Gasteiger partial charge in [0.25, 0.3) is 12.0 Å². The van der Waals surface area contributed by atoms with Gasteiger partial charge in [0.2, 0.25) is 0 Å². The number of carbonyl (C=O) groups is 3. The van der Waals surface area contributed by atoms with Crippen LogP contribution in [0.25, 0.3) is 10.8 Å². The van der Waals surface area contributed by atoms with Crippen LogP contribution >= 0.6 is 11.3 Å². The van der Waals surface area contributed by atoms with Crippen molar-refractivity contribution in [3.05, 3.63) is 41.5 Å². The molecule has 19 heteroatoms. The number of nitrogens with zero attached hydrogens (tertiary/aromatic N) is 4. The molecule has 2 aliphatic heterocycles. The zero-order chi connectivity index (χ0) is 32.5. The average molecular weight is 664 g/mol. The summed E-state index contributed by atoms with van der Waals surface area (Å²) in [6.07, 6.45) is -0.495. The van der Waals surface area contributed by atoms with E-state index < -0.39 is 64.4 Å². The number of hydroxylamine groups is 2. The van der Waals surface area contributed by atoms with Gasteiger partial charge in [0, 0.05) is 36.5 Å². The fraction of sp³-hybridized carbons (Fsp3) is 0.385. The number of ketones is 1. The molecule has 3 aromatic rings. The fourth-order valence-corrected chi connectivity index (χ4v) is 5.67. The number of fused-ring (bicyclic) bond motifs is 1. The molecular formula is C26H29N7O10S2. The van der Waals surface area contributed by atoms with E-state index >= 15 is 0 Å². The van der Waals surface area contributed by atoms with Crippen LogP contribution in [-0.2, 0) is 33.9 Å². The minimum Gasteiger partial charge on any atom is -0.489 e. The molecule has 45 heavy (non-hydrogen) atoms. The summed E-state index contributed by atoms with van der Waals surface area (Å²) in [4.78, 5) is 51.6. The Balaban J connectivity index is 1.29. The number of amides is 1. The number of aromatic nitrogens is 2. The molecular weight excluding hydrogens is 634 g/mol. The van der Waals surface area contributed by atoms with Crippen molar-refractivity contribution >= 4 is 66.8 Å². The molecule has 2 unspecified atom stereocenters. The number of pyridine rings is 1. The first kappa shape index (κ1) is 32.0. The molecule has 0 radical (unpaired) electrons. The number of oxime groups is 1. The van der Waals surface area contributed by atoms with Crippen molar-refractivity contribution in [1.82, 2.24) is 20.3 Å². The molecule has 1 aromatic carbocycles. The van der Waals surface area contributed by atoms with Crippen LogP contribution < -0.4 is 21.1 Å². The number of aliphatic carboxylic acids is 1. The minimum absolute atomic E-state index is 0.0200. The number of rotatable bonds is 14. The Bertz CT molecular complexity index is 1770. The summed E-state index contributed by atoms with van der Waals surface area (Å²) in [7, 11) is -4.99. The Labute approximate surface area is 260 Å². The van der Waals surface area contributed by atoms with Crippen LogP contribution in [0.3, 0.4) is 0 Å². The van der Waals surface area contributed by atoms with Crippen molar-refractivity contribution in [3.63, 3.8) is 0 Å². The highest BCUT2D eigenvalue weighted by atomic mass is 32.3. The highest BCUT2D eigenvalue weighted by Gasteiger charge is 2.57. The first-order chi connectivity index (χ1) is 21.2. The minimum atomic E-state index is -4.99. The standard InChI is InChI=1S/C26H29N7O10S2/c1-26(2)17(23(35)33(26)43-45(38,39)40)8-19(34)21(18-12-44-25(27)31-18)32-42-20(24(36)37)11-41-15-3-4-16-13(7-15)5-6-29-22(16)30-14-9-28-10-14/h3-7,12,14,17,20,28H,8-11H2,1-2H3,(H2,27,31)(H,29,30)(H,36,37)(H,38,39,40)/b32-21-. The van der Waals surface area contributed by atoms with Gasteiger partial charge in [-0.2, -0.15) is 13.5 Å². The van der Waals surface area contributed by atoms with Crippen LogP contribution in [0.4, 0.5) is 10.9 Å². The van der Waals surface area contributed by atoms with Gasteiger partial charge in [-0.3, -0.25) is 14.1 Å². The quantitative estimate of drug-likeness (QED) is 0.0694. The predicted molar refractivity (Wildman–Crippen MR) is 160 cm³/mol. The van der Waals surface area contributed by atoms with E-state index in [9.17, 15) is 27.9 Å². The monoisotopic (exact) mass is 663 g/mol. The summed E-state index contributed by atoms with van der Waals surface area (Å²) >= 11 is 0.989. The lowest BCUT2D eigenvalue weighted by Crippen LogP contribution is -2.68. The largest absolute Gasteiger partial charge is 0.489 e. The van der Waals surface area contributed by atoms with E-state index in [1.807, 2.05) is 0 Å². The molecule has 0 saturated carbocycles. The van der Waals surface area contributed by atoms with E-state index in [0.29, 0.717) is 10.8 Å². The van der Waals surface area contributed by atoms with Gasteiger partial charge in [-0.05, 0) is 43.5 Å². The summed E-state index contributed by atoms with van der Waals surface area (Å²) in [5, 5.41) is 23.7. The molecule has 0 bridgehead atoms. The second kappa shape index (κ2) is 12.5. The highest BCUT2D eigenvalue weighted by molar-refractivity contribution is 7.80. The van der Waals surface area contributed by atoms with Crippen molar-refractivity contribution < 1.29 is 46.3 Å². The number of carboxylic acids is 1. The summed E-state index contributed by atoms with van der Waals surface area (Å²) in [6, 6.07) is 7.26. The number of Topliss-reactive ketones (excluding diaryl/α,β-unsaturated/α-hetero) is 1. The average Bonchev–Trinajstić information content (AvgIpc) is 3.38. The number of nitrogens with one attached hydrogen (secondary N) is 2. The van der Waals surface area contributed by atoms with Crippen molar-refractivity contribution in [2.45, 2.75) is 38.0 Å². The fourth-order valence-electron chi connectivity index (χ4n) is 4.67. The molecule has 5 rings (SSSR count). The normalized spacial score (nSPS) is 19.0. The Hall–Kier alpha value is -4.43. The maximum Gasteiger partial charge on any atom is 0.418 e. The molecule has 2 atom stereocenters. The molecule has 0 spiro atoms. The van der Waals surface area contributed by atoms with E-state index in [1.54, 1.807) is 30.5 Å². The van der Waals surface area contributed by atoms with E-state index in [2.05, 4.69) is 30.0 Å². The third-order valence-corrected chi connectivity index (χ3v) is 8.28. The maximum atomic E-state index is 13.3. The van der Waals surface area contributed by atoms with Gasteiger partial charge in [-0.1, -0.05) is 5.16 Å². The molecule has 4 heterocycles. The van der Waals surface area contributed by atoms with Gasteiger partial charge in [0.15, 0.2) is 16.6 Å². The molecule has 2 fully saturated rings. The number of β-lactam (4-membered cyclic amide) rings is 1. The molecule has 240 valence electrons. The Morgan fingerprint density at radius 3 is 2.67 bits per heavy atom. The number of thiazole rings is 1. The van der Waals surface area contributed by atoms with Crippen LogP contribution in [0.2, 0.25) is 0 Å². The predicted octanol–water partition coefficient (Wildman–Crippen LogP) is 0.841. The number of hydrogen-bond donors (Lipinski definition) is 5. The number of nitrogens with two attached hydrogens (primary N) is 1. The van der Waals surface area contributed by atoms with Crippen molar-refractivity contribution in [1.29, 1.82) is 0 Å². The molecule has 2 aliphatic rings. The molecule has 6 N–H and O–H groups in total. The summed E-state index contributed by atoms with van der Waals surface area (Å²) in [6.45, 7) is 4.04. The number of nitrogen functional groups attached to an aromatic ring is 1. The third-order valence-electron chi connectivity index (χ3n) is 7.27. The van der Waals surface area contributed by atoms with Gasteiger partial charge < -0.3 is 31.0 Å². The number of carbonyl (C=O) groups excluding carboxylic acids is 2. The number of ether oxygens (including phenoxy) is 1. The lowest BCUT2D eigenvalue weighted by molar-refractivity contribution is -0.228. The molecule has 2 aromatic heterocycles. The van der Waals surface area contributed by atoms with Gasteiger partial charge in [0.1, 0.15) is 23.9 Å². The Kier molecular flexibility index (Phi) is 8.90. The van der Waals surface area contributed by atoms with E-state index in [4.69, 9.17) is 19.9 Å². The zero-order valence-electron chi connectivity index (χ0n) is 23.9. The first-order valence-corrected chi connectivity index (χ1v) is 15.7. The summed E-state index contributed by atoms with van der Waals surface area (Å²) in [5.41, 5.74) is 3.97. The zero-order valence-corrected chi connectivity index (χ0v) is 25.5. The topological polar surface area (TPSA) is 245 Å². The van der Waals surface area contributed by atoms with E-state index in [-0.39, 0.29) is 16.9 Å². The smallest absolute Gasteiger partial charge is 0.418 e. The van der Waals surface area contributed by atoms with Crippen LogP contribution in [-0.4, -0.2) is 93.9 Å². The van der Waals surface area contributed by atoms with Gasteiger partial charge in [0.05, 0.1) is 17.5 Å². The van der Waals surface area contributed by atoms with Gasteiger partial charge >= 0.3 is 16.4 Å². The van der Waals surface area contributed by atoms with Crippen LogP contribution in [0.15, 0.2) is 41.0 Å². The van der Waals surface area contributed by atoms with Crippen molar-refractivity contribution in [2.24, 2.45) is 11.1 Å². The van der Waals surface area contributed by atoms with E-state index in [1.165, 1.54) is 19.2 Å². The molecule has 17 nitrogen and oxygen atoms in total. The van der Waals surface area contributed by atoms with Crippen molar-refractivity contribution in [3.8, 4) is 5.75 Å². The van der Waals surface area contributed by atoms with Crippen LogP contribution in [0.1, 0.15) is 26.0 Å². The lowest BCUT2D eigenvalue weighted by atomic mass is 9.74. The molecule has 0 aliphatic carbocycles.